The van der Waals surface area contributed by atoms with Crippen LogP contribution in [-0.2, 0) is 11.2 Å². The Morgan fingerprint density at radius 3 is 2.28 bits per heavy atom. The highest BCUT2D eigenvalue weighted by Gasteiger charge is 2.39. The third-order valence-corrected chi connectivity index (χ3v) is 10.3. The van der Waals surface area contributed by atoms with Gasteiger partial charge in [-0.2, -0.15) is 0 Å². The van der Waals surface area contributed by atoms with Crippen LogP contribution in [0.2, 0.25) is 10.0 Å². The summed E-state index contributed by atoms with van der Waals surface area (Å²) in [4.78, 5) is 17.9. The Balaban J connectivity index is 1.30. The molecule has 3 heterocycles. The Morgan fingerprint density at radius 2 is 1.63 bits per heavy atom. The molecule has 1 atom stereocenters. The number of benzene rings is 3. The lowest BCUT2D eigenvalue weighted by atomic mass is 9.86. The minimum atomic E-state index is 0.00420. The first-order valence-electron chi connectivity index (χ1n) is 15.7. The Hall–Kier alpha value is -2.57. The molecule has 0 aromatic heterocycles. The number of hydrogen-bond acceptors (Lipinski definition) is 3. The molecular weight excluding hydrogens is 577 g/mol. The molecule has 3 aliphatic rings. The first-order chi connectivity index (χ1) is 20.6. The van der Waals surface area contributed by atoms with Crippen molar-refractivity contribution in [2.75, 3.05) is 53.4 Å². The lowest BCUT2D eigenvalue weighted by molar-refractivity contribution is -0.942. The predicted octanol–water partition coefficient (Wildman–Crippen LogP) is 7.75. The van der Waals surface area contributed by atoms with Gasteiger partial charge in [0.1, 0.15) is 5.75 Å². The van der Waals surface area contributed by atoms with Gasteiger partial charge in [-0.15, -0.1) is 0 Å². The van der Waals surface area contributed by atoms with Crippen LogP contribution in [0.3, 0.4) is 0 Å². The molecule has 3 fully saturated rings. The van der Waals surface area contributed by atoms with Gasteiger partial charge in [-0.1, -0.05) is 71.7 Å². The quantitative estimate of drug-likeness (QED) is 0.194. The SMILES string of the molecule is CC(C)Oc1cc(CC(=O)N(C)CC(c2ccc(Cl)c(Cl)c2)N(C)CC[N+]23CCC(CC2)CC3)ccc1-c1ccccc1. The predicted molar refractivity (Wildman–Crippen MR) is 178 cm³/mol. The largest absolute Gasteiger partial charge is 0.490 e. The number of hydrogen-bond donors (Lipinski definition) is 0. The van der Waals surface area contributed by atoms with Gasteiger partial charge < -0.3 is 14.1 Å². The van der Waals surface area contributed by atoms with Gasteiger partial charge in [0.25, 0.3) is 0 Å². The Kier molecular flexibility index (Phi) is 10.4. The highest BCUT2D eigenvalue weighted by atomic mass is 35.5. The van der Waals surface area contributed by atoms with E-state index in [2.05, 4.69) is 30.1 Å². The molecule has 3 aromatic carbocycles. The number of piperidine rings is 3. The van der Waals surface area contributed by atoms with Crippen LogP contribution in [0.15, 0.2) is 66.7 Å². The fourth-order valence-electron chi connectivity index (χ4n) is 6.77. The number of carbonyl (C=O) groups excluding carboxylic acids is 1. The van der Waals surface area contributed by atoms with E-state index in [1.54, 1.807) is 0 Å². The standard InChI is InChI=1S/C36H46Cl2N3O2/c1-26(2)43-35-22-28(10-12-31(35)29-8-6-5-7-9-29)23-36(42)40(4)25-34(30-11-13-32(37)33(38)24-30)39(3)17-21-41-18-14-27(15-19-41)16-20-41/h5-13,22,24,26-27,34H,14-21,23,25H2,1-4H3/q+1. The second kappa shape index (κ2) is 14.0. The summed E-state index contributed by atoms with van der Waals surface area (Å²) in [5.74, 6) is 1.82. The van der Waals surface area contributed by atoms with Crippen molar-refractivity contribution in [3.8, 4) is 16.9 Å². The maximum Gasteiger partial charge on any atom is 0.226 e. The lowest BCUT2D eigenvalue weighted by Gasteiger charge is -2.50. The van der Waals surface area contributed by atoms with Crippen LogP contribution in [0, 0.1) is 5.92 Å². The Bertz CT molecular complexity index is 1370. The van der Waals surface area contributed by atoms with E-state index in [0.29, 0.717) is 23.0 Å². The molecule has 1 amide bonds. The number of rotatable bonds is 12. The summed E-state index contributed by atoms with van der Waals surface area (Å²) in [6.07, 6.45) is 4.44. The first-order valence-corrected chi connectivity index (χ1v) is 16.5. The fourth-order valence-corrected chi connectivity index (χ4v) is 7.08. The summed E-state index contributed by atoms with van der Waals surface area (Å²) in [6, 6.07) is 22.2. The molecule has 230 valence electrons. The van der Waals surface area contributed by atoms with Gasteiger partial charge in [0.15, 0.2) is 0 Å². The fraction of sp³-hybridized carbons (Fsp3) is 0.472. The van der Waals surface area contributed by atoms with Crippen molar-refractivity contribution in [2.45, 2.75) is 51.7 Å². The lowest BCUT2D eigenvalue weighted by Crippen LogP contribution is -2.60. The monoisotopic (exact) mass is 622 g/mol. The zero-order chi connectivity index (χ0) is 30.6. The molecule has 3 saturated heterocycles. The normalized spacial score (nSPS) is 20.4. The molecule has 0 saturated carbocycles. The van der Waals surface area contributed by atoms with Crippen molar-refractivity contribution in [1.82, 2.24) is 9.80 Å². The van der Waals surface area contributed by atoms with E-state index < -0.39 is 0 Å². The van der Waals surface area contributed by atoms with E-state index in [0.717, 1.165) is 47.0 Å². The summed E-state index contributed by atoms with van der Waals surface area (Å²) < 4.78 is 7.44. The van der Waals surface area contributed by atoms with Crippen LogP contribution >= 0.6 is 23.2 Å². The topological polar surface area (TPSA) is 32.8 Å². The van der Waals surface area contributed by atoms with Gasteiger partial charge in [0, 0.05) is 25.7 Å². The van der Waals surface area contributed by atoms with Crippen LogP contribution < -0.4 is 4.74 Å². The summed E-state index contributed by atoms with van der Waals surface area (Å²) in [6.45, 7) is 10.6. The number of likely N-dealkylation sites (N-methyl/N-ethyl adjacent to an activating group) is 2. The Labute approximate surface area is 267 Å². The number of ether oxygens (including phenoxy) is 1. The van der Waals surface area contributed by atoms with Gasteiger partial charge in [0.05, 0.1) is 54.8 Å². The molecule has 2 bridgehead atoms. The van der Waals surface area contributed by atoms with E-state index in [1.165, 1.54) is 43.4 Å². The van der Waals surface area contributed by atoms with Crippen molar-refractivity contribution >= 4 is 29.1 Å². The molecule has 6 rings (SSSR count). The molecule has 0 aliphatic carbocycles. The third kappa shape index (κ3) is 7.94. The third-order valence-electron chi connectivity index (χ3n) is 9.54. The molecule has 0 radical (unpaired) electrons. The maximum atomic E-state index is 13.6. The Morgan fingerprint density at radius 1 is 0.930 bits per heavy atom. The molecule has 0 spiro atoms. The average molecular weight is 624 g/mol. The van der Waals surface area contributed by atoms with Gasteiger partial charge in [0.2, 0.25) is 5.91 Å². The van der Waals surface area contributed by atoms with Crippen LogP contribution in [0.4, 0.5) is 0 Å². The first kappa shape index (κ1) is 31.8. The number of nitrogens with zero attached hydrogens (tertiary/aromatic N) is 3. The molecule has 1 unspecified atom stereocenters. The van der Waals surface area contributed by atoms with Crippen molar-refractivity contribution < 1.29 is 14.0 Å². The summed E-state index contributed by atoms with van der Waals surface area (Å²) in [7, 11) is 4.08. The van der Waals surface area contributed by atoms with Gasteiger partial charge in [-0.25, -0.2) is 0 Å². The zero-order valence-corrected chi connectivity index (χ0v) is 27.6. The molecule has 3 aliphatic heterocycles. The van der Waals surface area contributed by atoms with Crippen LogP contribution in [-0.4, -0.2) is 79.7 Å². The molecule has 5 nitrogen and oxygen atoms in total. The smallest absolute Gasteiger partial charge is 0.226 e. The summed E-state index contributed by atoms with van der Waals surface area (Å²) in [5, 5.41) is 1.09. The molecule has 3 aromatic rings. The summed E-state index contributed by atoms with van der Waals surface area (Å²) >= 11 is 12.8. The number of amides is 1. The number of halogens is 2. The molecule has 43 heavy (non-hydrogen) atoms. The molecular formula is C36H46Cl2N3O2+. The van der Waals surface area contributed by atoms with Crippen LogP contribution in [0.25, 0.3) is 11.1 Å². The van der Waals surface area contributed by atoms with E-state index in [9.17, 15) is 4.79 Å². The van der Waals surface area contributed by atoms with Crippen molar-refractivity contribution in [3.05, 3.63) is 87.9 Å². The second-order valence-electron chi connectivity index (χ2n) is 13.0. The van der Waals surface area contributed by atoms with Crippen LogP contribution in [0.1, 0.15) is 50.3 Å². The van der Waals surface area contributed by atoms with E-state index in [-0.39, 0.29) is 18.1 Å². The summed E-state index contributed by atoms with van der Waals surface area (Å²) in [5.41, 5.74) is 4.15. The minimum Gasteiger partial charge on any atom is -0.490 e. The number of carbonyl (C=O) groups is 1. The van der Waals surface area contributed by atoms with Gasteiger partial charge in [-0.3, -0.25) is 9.69 Å². The average Bonchev–Trinajstić information content (AvgIpc) is 3.01. The van der Waals surface area contributed by atoms with Gasteiger partial charge >= 0.3 is 0 Å². The van der Waals surface area contributed by atoms with Crippen molar-refractivity contribution in [2.24, 2.45) is 5.92 Å². The van der Waals surface area contributed by atoms with E-state index in [1.807, 2.05) is 74.3 Å². The molecule has 7 heteroatoms. The zero-order valence-electron chi connectivity index (χ0n) is 26.1. The molecule has 0 N–H and O–H groups in total. The van der Waals surface area contributed by atoms with Crippen LogP contribution in [0.5, 0.6) is 5.75 Å². The number of fused-ring (bicyclic) bond motifs is 3. The van der Waals surface area contributed by atoms with E-state index in [4.69, 9.17) is 27.9 Å². The highest BCUT2D eigenvalue weighted by Crippen LogP contribution is 2.35. The number of quaternary nitrogens is 1. The van der Waals surface area contributed by atoms with Crippen molar-refractivity contribution in [1.29, 1.82) is 0 Å². The van der Waals surface area contributed by atoms with Gasteiger partial charge in [-0.05, 0) is 81.0 Å². The highest BCUT2D eigenvalue weighted by molar-refractivity contribution is 6.42. The minimum absolute atomic E-state index is 0.00420. The second-order valence-corrected chi connectivity index (χ2v) is 13.8. The van der Waals surface area contributed by atoms with Crippen molar-refractivity contribution in [3.63, 3.8) is 0 Å². The van der Waals surface area contributed by atoms with E-state index >= 15 is 0 Å². The maximum absolute atomic E-state index is 13.6.